The van der Waals surface area contributed by atoms with E-state index in [9.17, 15) is 4.79 Å². The molecule has 0 unspecified atom stereocenters. The van der Waals surface area contributed by atoms with Crippen LogP contribution in [0.3, 0.4) is 0 Å². The largest absolute Gasteiger partial charge is 0.457 e. The summed E-state index contributed by atoms with van der Waals surface area (Å²) in [6, 6.07) is 0. The summed E-state index contributed by atoms with van der Waals surface area (Å²) in [5.41, 5.74) is 0. The van der Waals surface area contributed by atoms with Gasteiger partial charge in [-0.05, 0) is 32.5 Å². The summed E-state index contributed by atoms with van der Waals surface area (Å²) >= 11 is 0. The van der Waals surface area contributed by atoms with E-state index in [0.29, 0.717) is 6.61 Å². The van der Waals surface area contributed by atoms with Gasteiger partial charge in [0, 0.05) is 0 Å². The first-order valence-corrected chi connectivity index (χ1v) is 10.1. The maximum absolute atomic E-state index is 9.84. The monoisotopic (exact) mass is 326 g/mol. The maximum atomic E-state index is 9.84. The van der Waals surface area contributed by atoms with Gasteiger partial charge in [0.1, 0.15) is 0 Å². The highest BCUT2D eigenvalue weighted by atomic mass is 16.5. The first-order valence-electron chi connectivity index (χ1n) is 10.1. The molecular formula is C20H40NO2. The third kappa shape index (κ3) is 17.6. The number of carbonyl (C=O) groups excluding carboxylic acids is 1. The van der Waals surface area contributed by atoms with Gasteiger partial charge < -0.3 is 9.64 Å². The number of nitrogens with zero attached hydrogens (tertiary/aromatic N) is 1. The summed E-state index contributed by atoms with van der Waals surface area (Å²) in [5.74, 6) is 0. The number of hydrogen-bond donors (Lipinski definition) is 0. The number of unbranched alkanes of at least 4 members (excludes halogenated alkanes) is 12. The Hall–Kier alpha value is -0.570. The Morgan fingerprint density at radius 3 is 1.43 bits per heavy atom. The predicted molar refractivity (Wildman–Crippen MR) is 99.5 cm³/mol. The highest BCUT2D eigenvalue weighted by Crippen LogP contribution is 2.12. The maximum Gasteiger partial charge on any atom is 0.417 e. The van der Waals surface area contributed by atoms with E-state index < -0.39 is 0 Å². The van der Waals surface area contributed by atoms with Crippen LogP contribution in [0.15, 0.2) is 0 Å². The lowest BCUT2D eigenvalue weighted by Crippen LogP contribution is -2.23. The van der Waals surface area contributed by atoms with E-state index in [2.05, 4.69) is 23.5 Å². The van der Waals surface area contributed by atoms with Crippen LogP contribution < -0.4 is 0 Å². The molecular weight excluding hydrogens is 286 g/mol. The van der Waals surface area contributed by atoms with E-state index in [4.69, 9.17) is 0 Å². The smallest absolute Gasteiger partial charge is 0.417 e. The Kier molecular flexibility index (Phi) is 19.0. The fourth-order valence-corrected chi connectivity index (χ4v) is 3.04. The Balaban J connectivity index is 3.04. The SMILES string of the molecule is CCN(CC)CCCCCCCCCCCCCCCO[C]=O. The van der Waals surface area contributed by atoms with Gasteiger partial charge in [-0.2, -0.15) is 0 Å². The molecule has 0 rings (SSSR count). The summed E-state index contributed by atoms with van der Waals surface area (Å²) in [6.07, 6.45) is 17.4. The zero-order valence-corrected chi connectivity index (χ0v) is 15.8. The van der Waals surface area contributed by atoms with Crippen molar-refractivity contribution in [1.82, 2.24) is 4.90 Å². The minimum Gasteiger partial charge on any atom is -0.457 e. The van der Waals surface area contributed by atoms with Gasteiger partial charge in [-0.3, -0.25) is 0 Å². The summed E-state index contributed by atoms with van der Waals surface area (Å²) in [6.45, 7) is 10.2. The molecule has 0 saturated heterocycles. The lowest BCUT2D eigenvalue weighted by molar-refractivity contribution is 0.268. The molecule has 3 heteroatoms. The zero-order chi connectivity index (χ0) is 17.0. The second-order valence-corrected chi connectivity index (χ2v) is 6.55. The second-order valence-electron chi connectivity index (χ2n) is 6.55. The standard InChI is InChI=1S/C20H40NO2/c1-3-21(4-2)18-16-14-12-10-8-6-5-7-9-11-13-15-17-19-23-20-22/h3-19H2,1-2H3. The first kappa shape index (κ1) is 22.4. The van der Waals surface area contributed by atoms with Crippen molar-refractivity contribution in [2.75, 3.05) is 26.2 Å². The molecule has 0 N–H and O–H groups in total. The van der Waals surface area contributed by atoms with Crippen LogP contribution in [0.4, 0.5) is 0 Å². The van der Waals surface area contributed by atoms with Crippen LogP contribution in [-0.4, -0.2) is 37.6 Å². The molecule has 0 spiro atoms. The van der Waals surface area contributed by atoms with Crippen molar-refractivity contribution in [3.8, 4) is 0 Å². The summed E-state index contributed by atoms with van der Waals surface area (Å²) in [7, 11) is 0. The fourth-order valence-electron chi connectivity index (χ4n) is 3.04. The Bertz CT molecular complexity index is 230. The van der Waals surface area contributed by atoms with Crippen molar-refractivity contribution >= 4 is 6.47 Å². The van der Waals surface area contributed by atoms with Crippen LogP contribution in [-0.2, 0) is 9.53 Å². The Labute approximate surface area is 145 Å². The molecule has 3 nitrogen and oxygen atoms in total. The number of ether oxygens (including phenoxy) is 1. The summed E-state index contributed by atoms with van der Waals surface area (Å²) in [4.78, 5) is 12.4. The molecule has 0 atom stereocenters. The van der Waals surface area contributed by atoms with Crippen LogP contribution in [0.2, 0.25) is 0 Å². The summed E-state index contributed by atoms with van der Waals surface area (Å²) < 4.78 is 4.56. The van der Waals surface area contributed by atoms with Crippen molar-refractivity contribution in [3.05, 3.63) is 0 Å². The molecule has 1 radical (unpaired) electrons. The lowest BCUT2D eigenvalue weighted by Gasteiger charge is -2.17. The predicted octanol–water partition coefficient (Wildman–Crippen LogP) is 5.48. The van der Waals surface area contributed by atoms with E-state index in [0.717, 1.165) is 6.42 Å². The normalized spacial score (nSPS) is 11.1. The molecule has 137 valence electrons. The van der Waals surface area contributed by atoms with Gasteiger partial charge in [0.15, 0.2) is 0 Å². The third-order valence-corrected chi connectivity index (χ3v) is 4.67. The quantitative estimate of drug-likeness (QED) is 0.294. The molecule has 0 aromatic carbocycles. The summed E-state index contributed by atoms with van der Waals surface area (Å²) in [5, 5.41) is 0. The molecule has 0 aromatic heterocycles. The molecule has 0 aliphatic rings. The number of hydrogen-bond acceptors (Lipinski definition) is 3. The van der Waals surface area contributed by atoms with Gasteiger partial charge in [0.05, 0.1) is 6.61 Å². The first-order chi connectivity index (χ1) is 11.3. The van der Waals surface area contributed by atoms with Crippen LogP contribution in [0, 0.1) is 0 Å². The van der Waals surface area contributed by atoms with Crippen LogP contribution in [0.5, 0.6) is 0 Å². The zero-order valence-electron chi connectivity index (χ0n) is 15.8. The van der Waals surface area contributed by atoms with Gasteiger partial charge in [0.25, 0.3) is 0 Å². The molecule has 0 aromatic rings. The van der Waals surface area contributed by atoms with Gasteiger partial charge >= 0.3 is 6.47 Å². The Morgan fingerprint density at radius 2 is 1.04 bits per heavy atom. The Morgan fingerprint density at radius 1 is 0.652 bits per heavy atom. The van der Waals surface area contributed by atoms with Crippen molar-refractivity contribution in [1.29, 1.82) is 0 Å². The van der Waals surface area contributed by atoms with Crippen LogP contribution in [0.1, 0.15) is 97.3 Å². The van der Waals surface area contributed by atoms with Crippen LogP contribution in [0.25, 0.3) is 0 Å². The topological polar surface area (TPSA) is 29.5 Å². The number of rotatable bonds is 19. The van der Waals surface area contributed by atoms with Crippen molar-refractivity contribution < 1.29 is 9.53 Å². The van der Waals surface area contributed by atoms with E-state index in [-0.39, 0.29) is 0 Å². The molecule has 0 heterocycles. The average molecular weight is 327 g/mol. The van der Waals surface area contributed by atoms with E-state index in [1.54, 1.807) is 0 Å². The van der Waals surface area contributed by atoms with Gasteiger partial charge in [-0.15, -0.1) is 0 Å². The molecule has 0 fully saturated rings. The van der Waals surface area contributed by atoms with Crippen molar-refractivity contribution in [3.63, 3.8) is 0 Å². The van der Waals surface area contributed by atoms with Gasteiger partial charge in [-0.25, -0.2) is 4.79 Å². The van der Waals surface area contributed by atoms with Crippen molar-refractivity contribution in [2.45, 2.75) is 97.3 Å². The molecule has 0 saturated carbocycles. The molecule has 0 amide bonds. The van der Waals surface area contributed by atoms with E-state index in [1.165, 1.54) is 103 Å². The molecule has 23 heavy (non-hydrogen) atoms. The van der Waals surface area contributed by atoms with E-state index >= 15 is 0 Å². The van der Waals surface area contributed by atoms with Crippen LogP contribution >= 0.6 is 0 Å². The lowest BCUT2D eigenvalue weighted by atomic mass is 10.0. The fraction of sp³-hybridized carbons (Fsp3) is 0.950. The minimum atomic E-state index is 0.540. The molecule has 0 bridgehead atoms. The van der Waals surface area contributed by atoms with Gasteiger partial charge in [-0.1, -0.05) is 84.5 Å². The third-order valence-electron chi connectivity index (χ3n) is 4.67. The van der Waals surface area contributed by atoms with Gasteiger partial charge in [0.2, 0.25) is 0 Å². The minimum absolute atomic E-state index is 0.540. The molecule has 0 aliphatic carbocycles. The molecule has 0 aliphatic heterocycles. The van der Waals surface area contributed by atoms with Crippen molar-refractivity contribution in [2.24, 2.45) is 0 Å². The average Bonchev–Trinajstić information content (AvgIpc) is 2.58. The second kappa shape index (κ2) is 19.5. The van der Waals surface area contributed by atoms with E-state index in [1.807, 2.05) is 0 Å². The highest BCUT2D eigenvalue weighted by molar-refractivity contribution is 5.37. The highest BCUT2D eigenvalue weighted by Gasteiger charge is 1.98.